The molecule has 0 aromatic rings. The van der Waals surface area contributed by atoms with Crippen molar-refractivity contribution < 1.29 is 49.3 Å². The minimum atomic E-state index is -1.57. The van der Waals surface area contributed by atoms with E-state index in [-0.39, 0.29) is 18.5 Å². The number of aliphatic hydroxyl groups excluding tert-OH is 5. The Kier molecular flexibility index (Phi) is 41.5. The lowest BCUT2D eigenvalue weighted by molar-refractivity contribution is -0.302. The van der Waals surface area contributed by atoms with Gasteiger partial charge in [0.05, 0.1) is 32.0 Å². The molecule has 6 N–H and O–H groups in total. The van der Waals surface area contributed by atoms with Gasteiger partial charge < -0.3 is 45.1 Å². The third kappa shape index (κ3) is 33.8. The van der Waals surface area contributed by atoms with Crippen molar-refractivity contribution in [2.45, 2.75) is 294 Å². The summed E-state index contributed by atoms with van der Waals surface area (Å²) < 4.78 is 16.6. The molecule has 11 heteroatoms. The Morgan fingerprint density at radius 2 is 0.984 bits per heavy atom. The van der Waals surface area contributed by atoms with E-state index >= 15 is 0 Å². The molecule has 0 saturated carbocycles. The maximum Gasteiger partial charge on any atom is 0.305 e. The van der Waals surface area contributed by atoms with E-state index in [0.29, 0.717) is 19.4 Å². The fraction of sp³-hybridized carbons (Fsp3) is 0.925. The molecule has 1 rings (SSSR count). The Balaban J connectivity index is 2.09. The third-order valence-electron chi connectivity index (χ3n) is 12.9. The molecule has 0 radical (unpaired) electrons. The standard InChI is InChI=1S/C53H101NO10/c1-3-5-7-9-11-13-14-21-25-29-33-37-41-49(58)62-42-38-34-30-26-22-19-17-15-16-18-20-24-28-32-36-40-48(57)54-45(46(56)39-35-31-27-23-12-10-8-6-4-2)44-63-53-52(61)51(60)50(59)47(43-55)64-53/h35,39,45-47,50-53,55-56,59-61H,3-34,36-38,40-44H2,1-2H3,(H,54,57)/b39-35+. The molecule has 7 unspecified atom stereocenters. The third-order valence-corrected chi connectivity index (χ3v) is 12.9. The largest absolute Gasteiger partial charge is 0.466 e. The molecule has 1 amide bonds. The Morgan fingerprint density at radius 3 is 1.45 bits per heavy atom. The molecular weight excluding hydrogens is 811 g/mol. The first-order valence-electron chi connectivity index (χ1n) is 27.0. The molecule has 378 valence electrons. The van der Waals surface area contributed by atoms with Crippen molar-refractivity contribution in [1.29, 1.82) is 0 Å². The number of carbonyl (C=O) groups is 2. The number of hydrogen-bond donors (Lipinski definition) is 6. The van der Waals surface area contributed by atoms with Crippen molar-refractivity contribution in [3.63, 3.8) is 0 Å². The van der Waals surface area contributed by atoms with Crippen LogP contribution in [0.3, 0.4) is 0 Å². The van der Waals surface area contributed by atoms with Gasteiger partial charge in [0.2, 0.25) is 5.91 Å². The van der Waals surface area contributed by atoms with Gasteiger partial charge in [0.1, 0.15) is 24.4 Å². The number of allylic oxidation sites excluding steroid dienone is 1. The van der Waals surface area contributed by atoms with Gasteiger partial charge in [-0.05, 0) is 32.1 Å². The molecule has 7 atom stereocenters. The van der Waals surface area contributed by atoms with Crippen molar-refractivity contribution in [3.05, 3.63) is 12.2 Å². The number of ether oxygens (including phenoxy) is 3. The summed E-state index contributed by atoms with van der Waals surface area (Å²) in [5.41, 5.74) is 0. The Morgan fingerprint density at radius 1 is 0.562 bits per heavy atom. The average molecular weight is 912 g/mol. The number of amides is 1. The number of nitrogens with one attached hydrogen (secondary N) is 1. The monoisotopic (exact) mass is 912 g/mol. The van der Waals surface area contributed by atoms with E-state index in [1.165, 1.54) is 154 Å². The number of carbonyl (C=O) groups excluding carboxylic acids is 2. The maximum atomic E-state index is 13.0. The summed E-state index contributed by atoms with van der Waals surface area (Å²) in [5, 5.41) is 54.1. The summed E-state index contributed by atoms with van der Waals surface area (Å²) in [4.78, 5) is 25.0. The minimum absolute atomic E-state index is 0.0180. The van der Waals surface area contributed by atoms with Crippen molar-refractivity contribution in [2.24, 2.45) is 0 Å². The van der Waals surface area contributed by atoms with Crippen molar-refractivity contribution >= 4 is 11.9 Å². The number of aliphatic hydroxyl groups is 5. The lowest BCUT2D eigenvalue weighted by Crippen LogP contribution is -2.60. The average Bonchev–Trinajstić information content (AvgIpc) is 3.29. The summed E-state index contributed by atoms with van der Waals surface area (Å²) in [7, 11) is 0. The zero-order chi connectivity index (χ0) is 46.7. The van der Waals surface area contributed by atoms with Crippen molar-refractivity contribution in [2.75, 3.05) is 19.8 Å². The van der Waals surface area contributed by atoms with Crippen LogP contribution in [-0.2, 0) is 23.8 Å². The van der Waals surface area contributed by atoms with Gasteiger partial charge in [-0.15, -0.1) is 0 Å². The summed E-state index contributed by atoms with van der Waals surface area (Å²) in [6.07, 6.45) is 38.7. The van der Waals surface area contributed by atoms with Gasteiger partial charge in [-0.1, -0.05) is 219 Å². The SMILES string of the molecule is CCCCCCCCC/C=C/C(O)C(COC1OC(CO)C(O)C(O)C1O)NC(=O)CCCCCCCCCCCCCCCCCOC(=O)CCCCCCCCCCCCCC. The summed E-state index contributed by atoms with van der Waals surface area (Å²) in [6.45, 7) is 4.28. The summed E-state index contributed by atoms with van der Waals surface area (Å²) >= 11 is 0. The van der Waals surface area contributed by atoms with Gasteiger partial charge in [-0.3, -0.25) is 9.59 Å². The van der Waals surface area contributed by atoms with E-state index in [0.717, 1.165) is 70.6 Å². The highest BCUT2D eigenvalue weighted by atomic mass is 16.7. The van der Waals surface area contributed by atoms with Crippen LogP contribution in [0.2, 0.25) is 0 Å². The fourth-order valence-electron chi connectivity index (χ4n) is 8.55. The Labute approximate surface area is 391 Å². The lowest BCUT2D eigenvalue weighted by Gasteiger charge is -2.40. The lowest BCUT2D eigenvalue weighted by atomic mass is 9.99. The molecule has 1 heterocycles. The molecule has 0 aromatic heterocycles. The molecule has 0 spiro atoms. The highest BCUT2D eigenvalue weighted by molar-refractivity contribution is 5.76. The predicted octanol–water partition coefficient (Wildman–Crippen LogP) is 11.2. The van der Waals surface area contributed by atoms with E-state index in [1.807, 2.05) is 6.08 Å². The van der Waals surface area contributed by atoms with Crippen LogP contribution in [0, 0.1) is 0 Å². The number of rotatable bonds is 46. The van der Waals surface area contributed by atoms with E-state index < -0.39 is 49.5 Å². The number of esters is 1. The molecule has 1 saturated heterocycles. The molecule has 1 aliphatic heterocycles. The first kappa shape index (κ1) is 60.4. The topological polar surface area (TPSA) is 175 Å². The van der Waals surface area contributed by atoms with Crippen LogP contribution >= 0.6 is 0 Å². The van der Waals surface area contributed by atoms with Gasteiger partial charge in [-0.2, -0.15) is 0 Å². The van der Waals surface area contributed by atoms with E-state index in [2.05, 4.69) is 19.2 Å². The van der Waals surface area contributed by atoms with Gasteiger partial charge in [0.25, 0.3) is 0 Å². The van der Waals surface area contributed by atoms with Crippen LogP contribution in [-0.4, -0.2) is 100 Å². The van der Waals surface area contributed by atoms with Gasteiger partial charge in [0, 0.05) is 12.8 Å². The van der Waals surface area contributed by atoms with Gasteiger partial charge >= 0.3 is 5.97 Å². The van der Waals surface area contributed by atoms with Crippen LogP contribution in [0.5, 0.6) is 0 Å². The van der Waals surface area contributed by atoms with Crippen LogP contribution in [0.25, 0.3) is 0 Å². The maximum absolute atomic E-state index is 13.0. The molecule has 1 aliphatic rings. The predicted molar refractivity (Wildman–Crippen MR) is 260 cm³/mol. The second-order valence-electron chi connectivity index (χ2n) is 18.9. The first-order valence-corrected chi connectivity index (χ1v) is 27.0. The van der Waals surface area contributed by atoms with E-state index in [9.17, 15) is 35.1 Å². The van der Waals surface area contributed by atoms with Crippen LogP contribution in [0.1, 0.15) is 251 Å². The van der Waals surface area contributed by atoms with Gasteiger partial charge in [0.15, 0.2) is 6.29 Å². The zero-order valence-corrected chi connectivity index (χ0v) is 41.3. The highest BCUT2D eigenvalue weighted by Crippen LogP contribution is 2.23. The Hall–Kier alpha value is -1.60. The summed E-state index contributed by atoms with van der Waals surface area (Å²) in [5.74, 6) is -0.210. The smallest absolute Gasteiger partial charge is 0.305 e. The molecule has 11 nitrogen and oxygen atoms in total. The number of unbranched alkanes of at least 4 members (excludes halogenated alkanes) is 32. The van der Waals surface area contributed by atoms with E-state index in [1.54, 1.807) is 6.08 Å². The summed E-state index contributed by atoms with van der Waals surface area (Å²) in [6, 6.07) is -0.813. The van der Waals surface area contributed by atoms with Crippen LogP contribution < -0.4 is 5.32 Å². The zero-order valence-electron chi connectivity index (χ0n) is 41.3. The molecule has 0 aliphatic carbocycles. The normalized spacial score (nSPS) is 19.9. The molecule has 0 aromatic carbocycles. The first-order chi connectivity index (χ1) is 31.2. The molecule has 1 fully saturated rings. The van der Waals surface area contributed by atoms with Crippen LogP contribution in [0.4, 0.5) is 0 Å². The second kappa shape index (κ2) is 43.9. The van der Waals surface area contributed by atoms with E-state index in [4.69, 9.17) is 14.2 Å². The minimum Gasteiger partial charge on any atom is -0.466 e. The molecular formula is C53H101NO10. The van der Waals surface area contributed by atoms with Gasteiger partial charge in [-0.25, -0.2) is 0 Å². The number of hydrogen-bond acceptors (Lipinski definition) is 10. The molecule has 0 bridgehead atoms. The van der Waals surface area contributed by atoms with Crippen molar-refractivity contribution in [1.82, 2.24) is 5.32 Å². The molecule has 64 heavy (non-hydrogen) atoms. The Bertz CT molecular complexity index is 1080. The quantitative estimate of drug-likeness (QED) is 0.0196. The second-order valence-corrected chi connectivity index (χ2v) is 18.9. The fourth-order valence-corrected chi connectivity index (χ4v) is 8.55. The van der Waals surface area contributed by atoms with Crippen LogP contribution in [0.15, 0.2) is 12.2 Å². The highest BCUT2D eigenvalue weighted by Gasteiger charge is 2.44. The van der Waals surface area contributed by atoms with Crippen molar-refractivity contribution in [3.8, 4) is 0 Å².